The van der Waals surface area contributed by atoms with E-state index >= 15 is 0 Å². The fourth-order valence-electron chi connectivity index (χ4n) is 2.36. The average molecular weight is 316 g/mol. The van der Waals surface area contributed by atoms with Gasteiger partial charge >= 0.3 is 0 Å². The van der Waals surface area contributed by atoms with Gasteiger partial charge in [-0.15, -0.1) is 11.6 Å². The predicted octanol–water partition coefficient (Wildman–Crippen LogP) is 4.85. The number of para-hydroxylation sites is 1. The smallest absolute Gasteiger partial charge is 0.132 e. The van der Waals surface area contributed by atoms with Crippen LogP contribution in [0.2, 0.25) is 5.02 Å². The molecule has 1 heterocycles. The fourth-order valence-corrected chi connectivity index (χ4v) is 2.67. The number of halogens is 2. The van der Waals surface area contributed by atoms with Gasteiger partial charge in [-0.25, -0.2) is 4.98 Å². The number of rotatable bonds is 2. The van der Waals surface area contributed by atoms with Crippen LogP contribution in [0, 0.1) is 11.3 Å². The van der Waals surface area contributed by atoms with Gasteiger partial charge in [-0.1, -0.05) is 23.7 Å². The van der Waals surface area contributed by atoms with Crippen molar-refractivity contribution in [2.24, 2.45) is 0 Å². The number of alkyl halides is 1. The SMILES string of the molecule is CC(Cl)c1nc2cc(Cl)ccc2n1-c1ccccc1C#N. The largest absolute Gasteiger partial charge is 0.294 e. The molecule has 0 aliphatic rings. The molecule has 104 valence electrons. The van der Waals surface area contributed by atoms with E-state index in [9.17, 15) is 5.26 Å². The van der Waals surface area contributed by atoms with Gasteiger partial charge in [-0.05, 0) is 37.3 Å². The first-order chi connectivity index (χ1) is 10.1. The lowest BCUT2D eigenvalue weighted by Crippen LogP contribution is -2.03. The van der Waals surface area contributed by atoms with Crippen LogP contribution in [-0.2, 0) is 0 Å². The molecule has 0 radical (unpaired) electrons. The summed E-state index contributed by atoms with van der Waals surface area (Å²) in [4.78, 5) is 4.56. The number of nitrogens with zero attached hydrogens (tertiary/aromatic N) is 3. The van der Waals surface area contributed by atoms with Gasteiger partial charge in [0.05, 0.1) is 27.7 Å². The van der Waals surface area contributed by atoms with Crippen LogP contribution in [0.3, 0.4) is 0 Å². The van der Waals surface area contributed by atoms with Crippen molar-refractivity contribution < 1.29 is 0 Å². The van der Waals surface area contributed by atoms with Crippen molar-refractivity contribution in [2.45, 2.75) is 12.3 Å². The molecule has 0 fully saturated rings. The summed E-state index contributed by atoms with van der Waals surface area (Å²) in [6.45, 7) is 1.86. The Bertz CT molecular complexity index is 860. The summed E-state index contributed by atoms with van der Waals surface area (Å²) in [6, 6.07) is 15.1. The zero-order valence-electron chi connectivity index (χ0n) is 11.2. The molecule has 0 amide bonds. The molecular weight excluding hydrogens is 305 g/mol. The highest BCUT2D eigenvalue weighted by Gasteiger charge is 2.18. The van der Waals surface area contributed by atoms with Crippen molar-refractivity contribution in [2.75, 3.05) is 0 Å². The third kappa shape index (κ3) is 2.37. The van der Waals surface area contributed by atoms with Crippen molar-refractivity contribution in [1.82, 2.24) is 9.55 Å². The minimum absolute atomic E-state index is 0.289. The molecule has 1 unspecified atom stereocenters. The minimum atomic E-state index is -0.289. The zero-order chi connectivity index (χ0) is 15.0. The van der Waals surface area contributed by atoms with Gasteiger partial charge in [0.25, 0.3) is 0 Å². The second-order valence-electron chi connectivity index (χ2n) is 4.68. The maximum atomic E-state index is 9.33. The first-order valence-corrected chi connectivity index (χ1v) is 7.24. The monoisotopic (exact) mass is 315 g/mol. The molecule has 0 spiro atoms. The lowest BCUT2D eigenvalue weighted by Gasteiger charge is -2.12. The van der Waals surface area contributed by atoms with E-state index in [0.29, 0.717) is 16.4 Å². The Balaban J connectivity index is 2.40. The maximum absolute atomic E-state index is 9.33. The highest BCUT2D eigenvalue weighted by atomic mass is 35.5. The summed E-state index contributed by atoms with van der Waals surface area (Å²) in [5.74, 6) is 0.691. The first kappa shape index (κ1) is 13.9. The Kier molecular flexibility index (Phi) is 3.59. The molecule has 1 atom stereocenters. The Morgan fingerprint density at radius 3 is 2.71 bits per heavy atom. The van der Waals surface area contributed by atoms with Gasteiger partial charge in [0, 0.05) is 5.02 Å². The summed E-state index contributed by atoms with van der Waals surface area (Å²) >= 11 is 12.3. The number of fused-ring (bicyclic) bond motifs is 1. The average Bonchev–Trinajstić information content (AvgIpc) is 2.85. The predicted molar refractivity (Wildman–Crippen MR) is 85.1 cm³/mol. The van der Waals surface area contributed by atoms with Gasteiger partial charge in [0.2, 0.25) is 0 Å². The van der Waals surface area contributed by atoms with Crippen molar-refractivity contribution in [3.63, 3.8) is 0 Å². The molecule has 0 bridgehead atoms. The molecule has 21 heavy (non-hydrogen) atoms. The molecule has 0 saturated carbocycles. The highest BCUT2D eigenvalue weighted by molar-refractivity contribution is 6.31. The molecule has 0 N–H and O–H groups in total. The Hall–Kier alpha value is -2.02. The van der Waals surface area contributed by atoms with Crippen LogP contribution in [0.5, 0.6) is 0 Å². The third-order valence-corrected chi connectivity index (χ3v) is 3.69. The summed E-state index contributed by atoms with van der Waals surface area (Å²) < 4.78 is 1.92. The van der Waals surface area contributed by atoms with E-state index in [1.54, 1.807) is 18.2 Å². The molecule has 0 saturated heterocycles. The van der Waals surface area contributed by atoms with Crippen LogP contribution in [0.1, 0.15) is 23.7 Å². The first-order valence-electron chi connectivity index (χ1n) is 6.43. The topological polar surface area (TPSA) is 41.6 Å². The maximum Gasteiger partial charge on any atom is 0.132 e. The van der Waals surface area contributed by atoms with E-state index in [2.05, 4.69) is 11.1 Å². The van der Waals surface area contributed by atoms with Crippen molar-refractivity contribution in [3.8, 4) is 11.8 Å². The minimum Gasteiger partial charge on any atom is -0.294 e. The van der Waals surface area contributed by atoms with Gasteiger partial charge in [0.1, 0.15) is 11.9 Å². The number of benzene rings is 2. The lowest BCUT2D eigenvalue weighted by atomic mass is 10.2. The lowest BCUT2D eigenvalue weighted by molar-refractivity contribution is 0.881. The van der Waals surface area contributed by atoms with Gasteiger partial charge in [0.15, 0.2) is 0 Å². The van der Waals surface area contributed by atoms with Crippen molar-refractivity contribution in [1.29, 1.82) is 5.26 Å². The van der Waals surface area contributed by atoms with Crippen LogP contribution in [-0.4, -0.2) is 9.55 Å². The van der Waals surface area contributed by atoms with Gasteiger partial charge in [-0.2, -0.15) is 5.26 Å². The molecule has 5 heteroatoms. The molecule has 2 aromatic carbocycles. The van der Waals surface area contributed by atoms with E-state index < -0.39 is 0 Å². The number of hydrogen-bond acceptors (Lipinski definition) is 2. The third-order valence-electron chi connectivity index (χ3n) is 3.26. The standard InChI is InChI=1S/C16H11Cl2N3/c1-10(17)16-20-13-8-12(18)6-7-15(13)21(16)14-5-3-2-4-11(14)9-19/h2-8,10H,1H3. The van der Waals surface area contributed by atoms with E-state index in [4.69, 9.17) is 23.2 Å². The summed E-state index contributed by atoms with van der Waals surface area (Å²) in [6.07, 6.45) is 0. The normalized spacial score (nSPS) is 12.3. The van der Waals surface area contributed by atoms with E-state index in [0.717, 1.165) is 16.7 Å². The van der Waals surface area contributed by atoms with Crippen molar-refractivity contribution in [3.05, 3.63) is 58.9 Å². The van der Waals surface area contributed by atoms with Gasteiger partial charge in [-0.3, -0.25) is 4.57 Å². The molecular formula is C16H11Cl2N3. The molecule has 3 rings (SSSR count). The molecule has 3 aromatic rings. The van der Waals surface area contributed by atoms with E-state index in [1.807, 2.05) is 35.8 Å². The van der Waals surface area contributed by atoms with Crippen LogP contribution in [0.25, 0.3) is 16.7 Å². The number of imidazole rings is 1. The zero-order valence-corrected chi connectivity index (χ0v) is 12.7. The Labute approximate surface area is 132 Å². The molecule has 0 aliphatic carbocycles. The van der Waals surface area contributed by atoms with E-state index in [-0.39, 0.29) is 5.38 Å². The second-order valence-corrected chi connectivity index (χ2v) is 5.77. The molecule has 3 nitrogen and oxygen atoms in total. The molecule has 1 aromatic heterocycles. The summed E-state index contributed by atoms with van der Waals surface area (Å²) in [5.41, 5.74) is 2.99. The number of aromatic nitrogens is 2. The summed E-state index contributed by atoms with van der Waals surface area (Å²) in [7, 11) is 0. The molecule has 0 aliphatic heterocycles. The Morgan fingerprint density at radius 1 is 1.24 bits per heavy atom. The summed E-state index contributed by atoms with van der Waals surface area (Å²) in [5, 5.41) is 9.66. The number of nitriles is 1. The fraction of sp³-hybridized carbons (Fsp3) is 0.125. The quantitative estimate of drug-likeness (QED) is 0.634. The van der Waals surface area contributed by atoms with Crippen molar-refractivity contribution >= 4 is 34.2 Å². The Morgan fingerprint density at radius 2 is 2.00 bits per heavy atom. The van der Waals surface area contributed by atoms with Crippen LogP contribution in [0.4, 0.5) is 0 Å². The van der Waals surface area contributed by atoms with Gasteiger partial charge < -0.3 is 0 Å². The highest BCUT2D eigenvalue weighted by Crippen LogP contribution is 2.30. The van der Waals surface area contributed by atoms with E-state index in [1.165, 1.54) is 0 Å². The van der Waals surface area contributed by atoms with Crippen LogP contribution >= 0.6 is 23.2 Å². The van der Waals surface area contributed by atoms with Crippen LogP contribution < -0.4 is 0 Å². The van der Waals surface area contributed by atoms with Crippen LogP contribution in [0.15, 0.2) is 42.5 Å². The number of hydrogen-bond donors (Lipinski definition) is 0. The second kappa shape index (κ2) is 5.40.